The Balaban J connectivity index is 2.45. The second-order valence-electron chi connectivity index (χ2n) is 3.74. The second-order valence-corrected chi connectivity index (χ2v) is 3.74. The molecule has 80 valence electrons. The van der Waals surface area contributed by atoms with Crippen LogP contribution in [-0.2, 0) is 13.1 Å². The fourth-order valence-electron chi connectivity index (χ4n) is 1.98. The van der Waals surface area contributed by atoms with E-state index < -0.39 is 0 Å². The summed E-state index contributed by atoms with van der Waals surface area (Å²) in [5.74, 6) is 0. The normalized spacial score (nSPS) is 11.1. The molecule has 0 fully saturated rings. The van der Waals surface area contributed by atoms with Crippen LogP contribution in [0.5, 0.6) is 0 Å². The molecule has 2 nitrogen and oxygen atoms in total. The van der Waals surface area contributed by atoms with E-state index in [1.165, 1.54) is 16.5 Å². The summed E-state index contributed by atoms with van der Waals surface area (Å²) in [5, 5.41) is 4.76. The standard InChI is InChI=1S/C13H18N2/c1-3-14-9-11-10-15(4-2)13-8-6-5-7-12(11)13/h5-8,10,14H,3-4,9H2,1-2H3. The van der Waals surface area contributed by atoms with Crippen LogP contribution in [0.3, 0.4) is 0 Å². The molecule has 15 heavy (non-hydrogen) atoms. The van der Waals surface area contributed by atoms with E-state index in [-0.39, 0.29) is 0 Å². The Morgan fingerprint density at radius 3 is 2.73 bits per heavy atom. The summed E-state index contributed by atoms with van der Waals surface area (Å²) in [7, 11) is 0. The lowest BCUT2D eigenvalue weighted by atomic mass is 10.2. The van der Waals surface area contributed by atoms with Crippen LogP contribution in [0.1, 0.15) is 19.4 Å². The van der Waals surface area contributed by atoms with Crippen molar-refractivity contribution in [1.29, 1.82) is 0 Å². The highest BCUT2D eigenvalue weighted by molar-refractivity contribution is 5.83. The summed E-state index contributed by atoms with van der Waals surface area (Å²) < 4.78 is 2.31. The predicted molar refractivity (Wildman–Crippen MR) is 65.0 cm³/mol. The lowest BCUT2D eigenvalue weighted by Crippen LogP contribution is -2.11. The lowest BCUT2D eigenvalue weighted by Gasteiger charge is -1.98. The van der Waals surface area contributed by atoms with E-state index in [0.717, 1.165) is 19.6 Å². The van der Waals surface area contributed by atoms with Crippen molar-refractivity contribution in [2.45, 2.75) is 26.9 Å². The molecule has 0 aliphatic rings. The Bertz CT molecular complexity index is 443. The van der Waals surface area contributed by atoms with Gasteiger partial charge < -0.3 is 9.88 Å². The molecule has 0 saturated heterocycles. The summed E-state index contributed by atoms with van der Waals surface area (Å²) in [5.41, 5.74) is 2.74. The van der Waals surface area contributed by atoms with Crippen LogP contribution in [0.25, 0.3) is 10.9 Å². The zero-order valence-electron chi connectivity index (χ0n) is 9.46. The molecule has 0 unspecified atom stereocenters. The molecule has 0 bridgehead atoms. The molecule has 0 saturated carbocycles. The molecule has 0 atom stereocenters. The molecule has 2 heteroatoms. The minimum Gasteiger partial charge on any atom is -0.347 e. The summed E-state index contributed by atoms with van der Waals surface area (Å²) in [6.07, 6.45) is 2.26. The maximum atomic E-state index is 3.38. The smallest absolute Gasteiger partial charge is 0.0483 e. The minimum absolute atomic E-state index is 0.962. The number of benzene rings is 1. The van der Waals surface area contributed by atoms with Crippen molar-refractivity contribution in [2.75, 3.05) is 6.54 Å². The zero-order chi connectivity index (χ0) is 10.7. The number of nitrogens with zero attached hydrogens (tertiary/aromatic N) is 1. The van der Waals surface area contributed by atoms with Gasteiger partial charge in [0.25, 0.3) is 0 Å². The van der Waals surface area contributed by atoms with Gasteiger partial charge in [-0.3, -0.25) is 0 Å². The third kappa shape index (κ3) is 1.90. The molecule has 0 aliphatic carbocycles. The van der Waals surface area contributed by atoms with E-state index in [4.69, 9.17) is 0 Å². The van der Waals surface area contributed by atoms with Crippen molar-refractivity contribution >= 4 is 10.9 Å². The fraction of sp³-hybridized carbons (Fsp3) is 0.385. The Labute approximate surface area is 90.9 Å². The third-order valence-electron chi connectivity index (χ3n) is 2.78. The van der Waals surface area contributed by atoms with Gasteiger partial charge in [0.05, 0.1) is 0 Å². The molecule has 0 spiro atoms. The first-order valence-electron chi connectivity index (χ1n) is 5.64. The molecule has 2 aromatic rings. The second kappa shape index (κ2) is 4.49. The number of aromatic nitrogens is 1. The molecular weight excluding hydrogens is 184 g/mol. The van der Waals surface area contributed by atoms with Crippen LogP contribution >= 0.6 is 0 Å². The van der Waals surface area contributed by atoms with E-state index in [9.17, 15) is 0 Å². The van der Waals surface area contributed by atoms with Gasteiger partial charge in [-0.25, -0.2) is 0 Å². The molecule has 2 rings (SSSR count). The molecular formula is C13H18N2. The van der Waals surface area contributed by atoms with Gasteiger partial charge in [0.1, 0.15) is 0 Å². The first-order chi connectivity index (χ1) is 7.36. The van der Waals surface area contributed by atoms with Crippen molar-refractivity contribution in [3.63, 3.8) is 0 Å². The average Bonchev–Trinajstić information content (AvgIpc) is 2.65. The SMILES string of the molecule is CCNCc1cn(CC)c2ccccc12. The number of para-hydroxylation sites is 1. The van der Waals surface area contributed by atoms with Gasteiger partial charge >= 0.3 is 0 Å². The minimum atomic E-state index is 0.962. The molecule has 0 radical (unpaired) electrons. The highest BCUT2D eigenvalue weighted by Crippen LogP contribution is 2.20. The van der Waals surface area contributed by atoms with Crippen LogP contribution in [0.15, 0.2) is 30.5 Å². The maximum absolute atomic E-state index is 3.38. The summed E-state index contributed by atoms with van der Waals surface area (Å²) in [6, 6.07) is 8.60. The fourth-order valence-corrected chi connectivity index (χ4v) is 1.98. The molecule has 1 heterocycles. The highest BCUT2D eigenvalue weighted by atomic mass is 15.0. The van der Waals surface area contributed by atoms with Crippen LogP contribution in [0, 0.1) is 0 Å². The van der Waals surface area contributed by atoms with E-state index in [0.29, 0.717) is 0 Å². The Morgan fingerprint density at radius 2 is 2.00 bits per heavy atom. The average molecular weight is 202 g/mol. The maximum Gasteiger partial charge on any atom is 0.0483 e. The first-order valence-corrected chi connectivity index (χ1v) is 5.64. The monoisotopic (exact) mass is 202 g/mol. The number of rotatable bonds is 4. The Kier molecular flexibility index (Phi) is 3.07. The first kappa shape index (κ1) is 10.2. The molecule has 1 aromatic carbocycles. The summed E-state index contributed by atoms with van der Waals surface area (Å²) >= 11 is 0. The van der Waals surface area contributed by atoms with Crippen molar-refractivity contribution in [3.05, 3.63) is 36.0 Å². The van der Waals surface area contributed by atoms with Gasteiger partial charge in [-0.05, 0) is 25.1 Å². The van der Waals surface area contributed by atoms with Crippen LogP contribution in [0.2, 0.25) is 0 Å². The van der Waals surface area contributed by atoms with E-state index in [1.54, 1.807) is 0 Å². The Morgan fingerprint density at radius 1 is 1.20 bits per heavy atom. The van der Waals surface area contributed by atoms with Crippen molar-refractivity contribution in [1.82, 2.24) is 9.88 Å². The predicted octanol–water partition coefficient (Wildman–Crippen LogP) is 2.77. The van der Waals surface area contributed by atoms with Gasteiger partial charge in [0, 0.05) is 30.2 Å². The zero-order valence-corrected chi connectivity index (χ0v) is 9.46. The van der Waals surface area contributed by atoms with Crippen molar-refractivity contribution in [2.24, 2.45) is 0 Å². The van der Waals surface area contributed by atoms with E-state index in [2.05, 4.69) is 54.2 Å². The van der Waals surface area contributed by atoms with Gasteiger partial charge in [-0.2, -0.15) is 0 Å². The summed E-state index contributed by atoms with van der Waals surface area (Å²) in [4.78, 5) is 0. The number of hydrogen-bond donors (Lipinski definition) is 1. The van der Waals surface area contributed by atoms with Crippen LogP contribution in [-0.4, -0.2) is 11.1 Å². The van der Waals surface area contributed by atoms with E-state index >= 15 is 0 Å². The van der Waals surface area contributed by atoms with Gasteiger partial charge in [0.15, 0.2) is 0 Å². The third-order valence-corrected chi connectivity index (χ3v) is 2.78. The van der Waals surface area contributed by atoms with Gasteiger partial charge in [0.2, 0.25) is 0 Å². The molecule has 1 aromatic heterocycles. The topological polar surface area (TPSA) is 17.0 Å². The number of fused-ring (bicyclic) bond motifs is 1. The number of aryl methyl sites for hydroxylation is 1. The molecule has 0 amide bonds. The number of nitrogens with one attached hydrogen (secondary N) is 1. The van der Waals surface area contributed by atoms with Gasteiger partial charge in [-0.1, -0.05) is 25.1 Å². The van der Waals surface area contributed by atoms with Crippen molar-refractivity contribution < 1.29 is 0 Å². The summed E-state index contributed by atoms with van der Waals surface area (Å²) in [6.45, 7) is 7.34. The largest absolute Gasteiger partial charge is 0.347 e. The van der Waals surface area contributed by atoms with E-state index in [1.807, 2.05) is 0 Å². The number of hydrogen-bond acceptors (Lipinski definition) is 1. The van der Waals surface area contributed by atoms with Crippen LogP contribution in [0.4, 0.5) is 0 Å². The van der Waals surface area contributed by atoms with Crippen LogP contribution < -0.4 is 5.32 Å². The Hall–Kier alpha value is -1.28. The van der Waals surface area contributed by atoms with Gasteiger partial charge in [-0.15, -0.1) is 0 Å². The lowest BCUT2D eigenvalue weighted by molar-refractivity contribution is 0.721. The quantitative estimate of drug-likeness (QED) is 0.806. The molecule has 1 N–H and O–H groups in total. The highest BCUT2D eigenvalue weighted by Gasteiger charge is 2.05. The van der Waals surface area contributed by atoms with Crippen molar-refractivity contribution in [3.8, 4) is 0 Å². The molecule has 0 aliphatic heterocycles.